The number of hydrogen-bond acceptors (Lipinski definition) is 4. The van der Waals surface area contributed by atoms with Crippen molar-refractivity contribution in [3.63, 3.8) is 0 Å². The summed E-state index contributed by atoms with van der Waals surface area (Å²) in [5.41, 5.74) is 2.95. The lowest BCUT2D eigenvalue weighted by molar-refractivity contribution is -0.135. The summed E-state index contributed by atoms with van der Waals surface area (Å²) in [7, 11) is 1.63. The van der Waals surface area contributed by atoms with E-state index in [1.165, 1.54) is 11.1 Å². The average molecular weight is 386 g/mol. The number of carbonyl (C=O) groups is 2. The van der Waals surface area contributed by atoms with Crippen LogP contribution in [0.5, 0.6) is 0 Å². The lowest BCUT2D eigenvalue weighted by Gasteiger charge is -2.28. The molecule has 0 aromatic heterocycles. The van der Waals surface area contributed by atoms with Crippen LogP contribution in [0.3, 0.4) is 0 Å². The molecule has 1 atom stereocenters. The monoisotopic (exact) mass is 385 g/mol. The van der Waals surface area contributed by atoms with Crippen LogP contribution in [0.15, 0.2) is 24.3 Å². The standard InChI is InChI=1S/C22H31N3O3/c1-28-12-11-25-16-19(15-21(25)26)22(27)24-8-4-7-23(9-10-24)20-13-17-5-2-3-6-18(17)14-20/h2-3,5-6,19-20H,4,7-16H2,1H3. The molecule has 6 heteroatoms. The maximum Gasteiger partial charge on any atom is 0.228 e. The Labute approximate surface area is 167 Å². The van der Waals surface area contributed by atoms with Crippen molar-refractivity contribution in [3.8, 4) is 0 Å². The van der Waals surface area contributed by atoms with Gasteiger partial charge in [0.2, 0.25) is 11.8 Å². The summed E-state index contributed by atoms with van der Waals surface area (Å²) < 4.78 is 5.07. The van der Waals surface area contributed by atoms with E-state index in [-0.39, 0.29) is 17.7 Å². The Hall–Kier alpha value is -1.92. The van der Waals surface area contributed by atoms with Crippen molar-refractivity contribution in [2.75, 3.05) is 53.0 Å². The Balaban J connectivity index is 1.31. The van der Waals surface area contributed by atoms with E-state index in [9.17, 15) is 9.59 Å². The summed E-state index contributed by atoms with van der Waals surface area (Å²) in [5.74, 6) is 0.0482. The molecule has 0 spiro atoms. The van der Waals surface area contributed by atoms with E-state index in [1.54, 1.807) is 12.0 Å². The summed E-state index contributed by atoms with van der Waals surface area (Å²) >= 11 is 0. The van der Waals surface area contributed by atoms with Crippen molar-refractivity contribution in [2.45, 2.75) is 31.7 Å². The molecule has 2 heterocycles. The number of rotatable bonds is 5. The van der Waals surface area contributed by atoms with Gasteiger partial charge < -0.3 is 14.5 Å². The zero-order chi connectivity index (χ0) is 19.5. The molecule has 0 saturated carbocycles. The minimum absolute atomic E-state index is 0.0792. The van der Waals surface area contributed by atoms with Crippen LogP contribution in [0.1, 0.15) is 24.0 Å². The summed E-state index contributed by atoms with van der Waals surface area (Å²) in [6, 6.07) is 9.31. The van der Waals surface area contributed by atoms with E-state index < -0.39 is 0 Å². The predicted octanol–water partition coefficient (Wildman–Crippen LogP) is 1.18. The first-order chi connectivity index (χ1) is 13.7. The molecule has 1 aliphatic carbocycles. The van der Waals surface area contributed by atoms with E-state index in [2.05, 4.69) is 29.2 Å². The smallest absolute Gasteiger partial charge is 0.228 e. The summed E-state index contributed by atoms with van der Waals surface area (Å²) in [6.07, 6.45) is 3.60. The van der Waals surface area contributed by atoms with Gasteiger partial charge in [-0.3, -0.25) is 14.5 Å². The third kappa shape index (κ3) is 4.08. The fourth-order valence-corrected chi connectivity index (χ4v) is 4.93. The first kappa shape index (κ1) is 19.4. The molecule has 2 amide bonds. The Kier molecular flexibility index (Phi) is 5.97. The number of carbonyl (C=O) groups excluding carboxylic acids is 2. The molecule has 0 radical (unpaired) electrons. The number of fused-ring (bicyclic) bond motifs is 1. The van der Waals surface area contributed by atoms with Crippen molar-refractivity contribution >= 4 is 11.8 Å². The molecule has 2 saturated heterocycles. The van der Waals surface area contributed by atoms with E-state index in [0.717, 1.165) is 45.4 Å². The summed E-state index contributed by atoms with van der Waals surface area (Å²) in [6.45, 7) is 5.19. The van der Waals surface area contributed by atoms with Crippen molar-refractivity contribution in [2.24, 2.45) is 5.92 Å². The number of hydrogen-bond donors (Lipinski definition) is 0. The fraction of sp³-hybridized carbons (Fsp3) is 0.636. The van der Waals surface area contributed by atoms with Gasteiger partial charge in [-0.15, -0.1) is 0 Å². The second-order valence-electron chi connectivity index (χ2n) is 8.28. The van der Waals surface area contributed by atoms with Crippen LogP contribution in [-0.4, -0.2) is 85.5 Å². The number of benzene rings is 1. The second kappa shape index (κ2) is 8.62. The van der Waals surface area contributed by atoms with Gasteiger partial charge in [0.05, 0.1) is 12.5 Å². The highest BCUT2D eigenvalue weighted by Gasteiger charge is 2.37. The van der Waals surface area contributed by atoms with Gasteiger partial charge in [0, 0.05) is 58.8 Å². The molecule has 4 rings (SSSR count). The van der Waals surface area contributed by atoms with Gasteiger partial charge in [-0.05, 0) is 30.4 Å². The lowest BCUT2D eigenvalue weighted by atomic mass is 10.1. The molecule has 2 fully saturated rings. The molecule has 0 N–H and O–H groups in total. The highest BCUT2D eigenvalue weighted by molar-refractivity contribution is 5.89. The Bertz CT molecular complexity index is 698. The maximum absolute atomic E-state index is 13.0. The quantitative estimate of drug-likeness (QED) is 0.764. The Morgan fingerprint density at radius 2 is 1.82 bits per heavy atom. The van der Waals surface area contributed by atoms with Gasteiger partial charge >= 0.3 is 0 Å². The van der Waals surface area contributed by atoms with Crippen LogP contribution < -0.4 is 0 Å². The third-order valence-corrected chi connectivity index (χ3v) is 6.52. The number of amides is 2. The molecule has 0 bridgehead atoms. The van der Waals surface area contributed by atoms with Crippen molar-refractivity contribution < 1.29 is 14.3 Å². The predicted molar refractivity (Wildman–Crippen MR) is 107 cm³/mol. The van der Waals surface area contributed by atoms with E-state index >= 15 is 0 Å². The van der Waals surface area contributed by atoms with Crippen molar-refractivity contribution in [3.05, 3.63) is 35.4 Å². The van der Waals surface area contributed by atoms with E-state index in [0.29, 0.717) is 32.2 Å². The Morgan fingerprint density at radius 3 is 2.54 bits per heavy atom. The minimum Gasteiger partial charge on any atom is -0.383 e. The van der Waals surface area contributed by atoms with Gasteiger partial charge in [-0.2, -0.15) is 0 Å². The normalized spacial score (nSPS) is 23.9. The lowest BCUT2D eigenvalue weighted by Crippen LogP contribution is -2.42. The van der Waals surface area contributed by atoms with Crippen LogP contribution >= 0.6 is 0 Å². The van der Waals surface area contributed by atoms with Crippen molar-refractivity contribution in [1.82, 2.24) is 14.7 Å². The molecule has 1 aromatic carbocycles. The van der Waals surface area contributed by atoms with Gasteiger partial charge in [0.25, 0.3) is 0 Å². The van der Waals surface area contributed by atoms with E-state index in [4.69, 9.17) is 4.74 Å². The molecular formula is C22H31N3O3. The van der Waals surface area contributed by atoms with Gasteiger partial charge in [-0.25, -0.2) is 0 Å². The first-order valence-corrected chi connectivity index (χ1v) is 10.5. The first-order valence-electron chi connectivity index (χ1n) is 10.5. The second-order valence-corrected chi connectivity index (χ2v) is 8.28. The van der Waals surface area contributed by atoms with E-state index in [1.807, 2.05) is 4.90 Å². The highest BCUT2D eigenvalue weighted by Crippen LogP contribution is 2.27. The van der Waals surface area contributed by atoms with Gasteiger partial charge in [0.1, 0.15) is 0 Å². The molecule has 1 unspecified atom stereocenters. The van der Waals surface area contributed by atoms with Crippen LogP contribution in [0.25, 0.3) is 0 Å². The van der Waals surface area contributed by atoms with Crippen molar-refractivity contribution in [1.29, 1.82) is 0 Å². The number of ether oxygens (including phenoxy) is 1. The van der Waals surface area contributed by atoms with Gasteiger partial charge in [-0.1, -0.05) is 24.3 Å². The molecule has 1 aromatic rings. The molecular weight excluding hydrogens is 354 g/mol. The zero-order valence-electron chi connectivity index (χ0n) is 16.8. The molecule has 6 nitrogen and oxygen atoms in total. The van der Waals surface area contributed by atoms with Crippen LogP contribution in [0.4, 0.5) is 0 Å². The average Bonchev–Trinajstić information content (AvgIpc) is 3.21. The Morgan fingerprint density at radius 1 is 1.07 bits per heavy atom. The summed E-state index contributed by atoms with van der Waals surface area (Å²) in [4.78, 5) is 31.5. The molecule has 28 heavy (non-hydrogen) atoms. The molecule has 2 aliphatic heterocycles. The van der Waals surface area contributed by atoms with Crippen LogP contribution in [-0.2, 0) is 27.2 Å². The van der Waals surface area contributed by atoms with Crippen LogP contribution in [0, 0.1) is 5.92 Å². The van der Waals surface area contributed by atoms with Gasteiger partial charge in [0.15, 0.2) is 0 Å². The number of methoxy groups -OCH3 is 1. The fourth-order valence-electron chi connectivity index (χ4n) is 4.93. The summed E-state index contributed by atoms with van der Waals surface area (Å²) in [5, 5.41) is 0. The maximum atomic E-state index is 13.0. The molecule has 152 valence electrons. The minimum atomic E-state index is -0.188. The SMILES string of the molecule is COCCN1CC(C(=O)N2CCCN(C3Cc4ccccc4C3)CC2)CC1=O. The topological polar surface area (TPSA) is 53.1 Å². The third-order valence-electron chi connectivity index (χ3n) is 6.52. The van der Waals surface area contributed by atoms with Crippen LogP contribution in [0.2, 0.25) is 0 Å². The number of nitrogens with zero attached hydrogens (tertiary/aromatic N) is 3. The highest BCUT2D eigenvalue weighted by atomic mass is 16.5. The largest absolute Gasteiger partial charge is 0.383 e. The molecule has 3 aliphatic rings. The number of likely N-dealkylation sites (tertiary alicyclic amines) is 1. The zero-order valence-corrected chi connectivity index (χ0v) is 16.8.